The van der Waals surface area contributed by atoms with E-state index in [0.717, 1.165) is 12.1 Å². The third kappa shape index (κ3) is 2.89. The molecule has 0 bridgehead atoms. The zero-order valence-electron chi connectivity index (χ0n) is 11.6. The van der Waals surface area contributed by atoms with Gasteiger partial charge in [0.15, 0.2) is 0 Å². The fourth-order valence-electron chi connectivity index (χ4n) is 2.53. The van der Waals surface area contributed by atoms with Gasteiger partial charge >= 0.3 is 0 Å². The lowest BCUT2D eigenvalue weighted by molar-refractivity contribution is 0.601. The molecule has 1 heterocycles. The van der Waals surface area contributed by atoms with Crippen LogP contribution in [0.3, 0.4) is 0 Å². The minimum Gasteiger partial charge on any atom is -0.306 e. The highest BCUT2D eigenvalue weighted by atomic mass is 79.9. The lowest BCUT2D eigenvalue weighted by atomic mass is 9.98. The van der Waals surface area contributed by atoms with Gasteiger partial charge in [-0.3, -0.25) is 0 Å². The van der Waals surface area contributed by atoms with Crippen molar-refractivity contribution in [2.24, 2.45) is 0 Å². The molecule has 4 heteroatoms. The van der Waals surface area contributed by atoms with Crippen LogP contribution in [0.5, 0.6) is 0 Å². The van der Waals surface area contributed by atoms with Crippen LogP contribution in [0.4, 0.5) is 4.39 Å². The van der Waals surface area contributed by atoms with Gasteiger partial charge in [-0.1, -0.05) is 31.2 Å². The summed E-state index contributed by atoms with van der Waals surface area (Å²) in [6, 6.07) is 13.7. The number of hydrogen-bond acceptors (Lipinski definition) is 2. The van der Waals surface area contributed by atoms with Crippen LogP contribution in [0, 0.1) is 5.82 Å². The van der Waals surface area contributed by atoms with Crippen LogP contribution in [0.15, 0.2) is 52.3 Å². The average molecular weight is 364 g/mol. The Morgan fingerprint density at radius 1 is 1.24 bits per heavy atom. The maximum atomic E-state index is 13.9. The van der Waals surface area contributed by atoms with Crippen molar-refractivity contribution in [2.75, 3.05) is 6.54 Å². The number of thiophene rings is 1. The van der Waals surface area contributed by atoms with E-state index in [1.165, 1.54) is 15.6 Å². The standard InChI is InChI=1S/C17H15BrFNS/c1-2-20-17(11-7-8-14(18)15(19)9-11)13-10-21-16-6-4-3-5-12(13)16/h3-10,17,20H,2H2,1H3. The predicted octanol–water partition coefficient (Wildman–Crippen LogP) is 5.50. The van der Waals surface area contributed by atoms with Crippen LogP contribution >= 0.6 is 27.3 Å². The van der Waals surface area contributed by atoms with E-state index in [-0.39, 0.29) is 11.9 Å². The Morgan fingerprint density at radius 3 is 2.81 bits per heavy atom. The molecule has 0 aliphatic heterocycles. The Morgan fingerprint density at radius 2 is 2.05 bits per heavy atom. The summed E-state index contributed by atoms with van der Waals surface area (Å²) in [7, 11) is 0. The molecule has 3 rings (SSSR count). The molecule has 0 saturated heterocycles. The van der Waals surface area contributed by atoms with E-state index < -0.39 is 0 Å². The van der Waals surface area contributed by atoms with E-state index in [4.69, 9.17) is 0 Å². The van der Waals surface area contributed by atoms with E-state index >= 15 is 0 Å². The number of halogens is 2. The van der Waals surface area contributed by atoms with Gasteiger partial charge in [-0.15, -0.1) is 11.3 Å². The second-order valence-corrected chi connectivity index (χ2v) is 6.62. The summed E-state index contributed by atoms with van der Waals surface area (Å²) in [5, 5.41) is 6.86. The van der Waals surface area contributed by atoms with Crippen molar-refractivity contribution in [2.45, 2.75) is 13.0 Å². The van der Waals surface area contributed by atoms with Crippen LogP contribution in [-0.2, 0) is 0 Å². The number of benzene rings is 2. The third-order valence-corrected chi connectivity index (χ3v) is 5.13. The highest BCUT2D eigenvalue weighted by Gasteiger charge is 2.18. The molecule has 21 heavy (non-hydrogen) atoms. The van der Waals surface area contributed by atoms with Gasteiger partial charge in [-0.25, -0.2) is 4.39 Å². The van der Waals surface area contributed by atoms with Crippen LogP contribution in [-0.4, -0.2) is 6.54 Å². The average Bonchev–Trinajstić information content (AvgIpc) is 2.92. The smallest absolute Gasteiger partial charge is 0.137 e. The molecular formula is C17H15BrFNS. The van der Waals surface area contributed by atoms with Crippen LogP contribution in [0.1, 0.15) is 24.1 Å². The van der Waals surface area contributed by atoms with E-state index in [1.807, 2.05) is 18.2 Å². The van der Waals surface area contributed by atoms with Gasteiger partial charge in [0, 0.05) is 4.70 Å². The van der Waals surface area contributed by atoms with E-state index in [0.29, 0.717) is 4.47 Å². The number of hydrogen-bond donors (Lipinski definition) is 1. The molecule has 0 amide bonds. The van der Waals surface area contributed by atoms with Crippen molar-refractivity contribution in [3.63, 3.8) is 0 Å². The van der Waals surface area contributed by atoms with Crippen LogP contribution in [0.25, 0.3) is 10.1 Å². The van der Waals surface area contributed by atoms with Crippen molar-refractivity contribution in [1.29, 1.82) is 0 Å². The maximum absolute atomic E-state index is 13.9. The summed E-state index contributed by atoms with van der Waals surface area (Å²) >= 11 is 4.94. The second-order valence-electron chi connectivity index (χ2n) is 4.85. The molecular weight excluding hydrogens is 349 g/mol. The summed E-state index contributed by atoms with van der Waals surface area (Å²) in [5.74, 6) is -0.227. The summed E-state index contributed by atoms with van der Waals surface area (Å²) < 4.78 is 15.6. The minimum absolute atomic E-state index is 0.00810. The topological polar surface area (TPSA) is 12.0 Å². The van der Waals surface area contributed by atoms with Crippen molar-refractivity contribution in [3.8, 4) is 0 Å². The molecule has 3 aromatic rings. The van der Waals surface area contributed by atoms with Crippen molar-refractivity contribution >= 4 is 37.4 Å². The lowest BCUT2D eigenvalue weighted by Crippen LogP contribution is -2.21. The summed E-state index contributed by atoms with van der Waals surface area (Å²) in [6.07, 6.45) is 0. The van der Waals surface area contributed by atoms with E-state index in [1.54, 1.807) is 23.5 Å². The Bertz CT molecular complexity index is 768. The van der Waals surface area contributed by atoms with Crippen molar-refractivity contribution in [1.82, 2.24) is 5.32 Å². The third-order valence-electron chi connectivity index (χ3n) is 3.51. The Labute approximate surface area is 135 Å². The van der Waals surface area contributed by atoms with Crippen molar-refractivity contribution < 1.29 is 4.39 Å². The maximum Gasteiger partial charge on any atom is 0.137 e. The summed E-state index contributed by atoms with van der Waals surface area (Å²) in [5.41, 5.74) is 2.15. The molecule has 1 atom stereocenters. The SMILES string of the molecule is CCNC(c1ccc(Br)c(F)c1)c1csc2ccccc12. The first-order valence-corrected chi connectivity index (χ1v) is 8.52. The zero-order chi connectivity index (χ0) is 14.8. The molecule has 0 fully saturated rings. The first-order valence-electron chi connectivity index (χ1n) is 6.85. The monoisotopic (exact) mass is 363 g/mol. The predicted molar refractivity (Wildman–Crippen MR) is 91.4 cm³/mol. The molecule has 0 saturated carbocycles. The van der Waals surface area contributed by atoms with Gasteiger partial charge in [0.1, 0.15) is 5.82 Å². The number of rotatable bonds is 4. The molecule has 0 aliphatic rings. The molecule has 1 unspecified atom stereocenters. The fraction of sp³-hybridized carbons (Fsp3) is 0.176. The molecule has 0 aliphatic carbocycles. The highest BCUT2D eigenvalue weighted by Crippen LogP contribution is 2.34. The molecule has 1 nitrogen and oxygen atoms in total. The molecule has 1 aromatic heterocycles. The minimum atomic E-state index is -0.227. The van der Waals surface area contributed by atoms with Gasteiger partial charge in [0.25, 0.3) is 0 Å². The van der Waals surface area contributed by atoms with Crippen LogP contribution < -0.4 is 5.32 Å². The van der Waals surface area contributed by atoms with Crippen LogP contribution in [0.2, 0.25) is 0 Å². The number of fused-ring (bicyclic) bond motifs is 1. The molecule has 2 aromatic carbocycles. The van der Waals surface area contributed by atoms with Gasteiger partial charge in [0.05, 0.1) is 10.5 Å². The second kappa shape index (κ2) is 6.26. The molecule has 108 valence electrons. The highest BCUT2D eigenvalue weighted by molar-refractivity contribution is 9.10. The largest absolute Gasteiger partial charge is 0.306 e. The molecule has 0 radical (unpaired) electrons. The first-order chi connectivity index (χ1) is 10.2. The van der Waals surface area contributed by atoms with Gasteiger partial charge in [-0.05, 0) is 62.6 Å². The molecule has 1 N–H and O–H groups in total. The van der Waals surface area contributed by atoms with Crippen molar-refractivity contribution in [3.05, 3.63) is 69.3 Å². The fourth-order valence-corrected chi connectivity index (χ4v) is 3.76. The van der Waals surface area contributed by atoms with E-state index in [2.05, 4.69) is 45.7 Å². The Kier molecular flexibility index (Phi) is 4.38. The normalized spacial score (nSPS) is 12.7. The Balaban J connectivity index is 2.11. The quantitative estimate of drug-likeness (QED) is 0.644. The summed E-state index contributed by atoms with van der Waals surface area (Å²) in [6.45, 7) is 2.89. The zero-order valence-corrected chi connectivity index (χ0v) is 14.0. The van der Waals surface area contributed by atoms with Gasteiger partial charge in [0.2, 0.25) is 0 Å². The van der Waals surface area contributed by atoms with E-state index in [9.17, 15) is 4.39 Å². The summed E-state index contributed by atoms with van der Waals surface area (Å²) in [4.78, 5) is 0. The number of nitrogens with one attached hydrogen (secondary N) is 1. The molecule has 0 spiro atoms. The Hall–Kier alpha value is -1.23. The van der Waals surface area contributed by atoms with Gasteiger partial charge in [-0.2, -0.15) is 0 Å². The first kappa shape index (κ1) is 14.7. The van der Waals surface area contributed by atoms with Gasteiger partial charge < -0.3 is 5.32 Å². The lowest BCUT2D eigenvalue weighted by Gasteiger charge is -2.18.